The van der Waals surface area contributed by atoms with Crippen molar-refractivity contribution in [3.05, 3.63) is 44.8 Å². The monoisotopic (exact) mass is 389 g/mol. The van der Waals surface area contributed by atoms with E-state index in [1.165, 1.54) is 19.1 Å². The molecule has 0 saturated heterocycles. The van der Waals surface area contributed by atoms with Crippen LogP contribution in [0.4, 0.5) is 5.69 Å². The van der Waals surface area contributed by atoms with Crippen molar-refractivity contribution < 1.29 is 14.3 Å². The highest BCUT2D eigenvalue weighted by molar-refractivity contribution is 9.10. The van der Waals surface area contributed by atoms with Crippen molar-refractivity contribution in [3.8, 4) is 17.2 Å². The second-order valence-electron chi connectivity index (χ2n) is 4.10. The van der Waals surface area contributed by atoms with E-state index in [0.717, 1.165) is 0 Å². The van der Waals surface area contributed by atoms with Gasteiger partial charge in [-0.2, -0.15) is 0 Å². The number of nitrogens with two attached hydrogens (primary N) is 1. The minimum atomic E-state index is -0.460. The van der Waals surface area contributed by atoms with Crippen molar-refractivity contribution in [2.45, 2.75) is 6.92 Å². The summed E-state index contributed by atoms with van der Waals surface area (Å²) in [7, 11) is 0. The summed E-state index contributed by atoms with van der Waals surface area (Å²) in [5, 5.41) is 0.457. The molecule has 0 aromatic heterocycles. The third kappa shape index (κ3) is 4.03. The molecule has 0 aliphatic heterocycles. The zero-order valence-corrected chi connectivity index (χ0v) is 13.9. The molecule has 0 heterocycles. The molecule has 0 fully saturated rings. The first-order chi connectivity index (χ1) is 9.86. The Hall–Kier alpha value is -1.43. The fraction of sp³-hybridized carbons (Fsp3) is 0.0714. The minimum absolute atomic E-state index is 0.228. The van der Waals surface area contributed by atoms with Crippen LogP contribution in [0.2, 0.25) is 10.0 Å². The molecule has 0 bridgehead atoms. The van der Waals surface area contributed by atoms with Crippen molar-refractivity contribution in [2.75, 3.05) is 5.73 Å². The summed E-state index contributed by atoms with van der Waals surface area (Å²) in [5.41, 5.74) is 6.29. The summed E-state index contributed by atoms with van der Waals surface area (Å²) in [6.07, 6.45) is 0. The van der Waals surface area contributed by atoms with Gasteiger partial charge in [0.25, 0.3) is 0 Å². The summed E-state index contributed by atoms with van der Waals surface area (Å²) in [5.74, 6) is 0.577. The molecule has 0 aliphatic carbocycles. The molecular weight excluding hydrogens is 381 g/mol. The number of carbonyl (C=O) groups is 1. The number of esters is 1. The number of anilines is 1. The van der Waals surface area contributed by atoms with Crippen LogP contribution < -0.4 is 15.2 Å². The summed E-state index contributed by atoms with van der Waals surface area (Å²) < 4.78 is 11.3. The molecule has 4 nitrogen and oxygen atoms in total. The highest BCUT2D eigenvalue weighted by Gasteiger charge is 2.13. The van der Waals surface area contributed by atoms with E-state index in [0.29, 0.717) is 15.9 Å². The Morgan fingerprint density at radius 3 is 2.29 bits per heavy atom. The summed E-state index contributed by atoms with van der Waals surface area (Å²) in [4.78, 5) is 10.9. The molecule has 0 saturated carbocycles. The number of ether oxygens (including phenoxy) is 2. The third-order valence-electron chi connectivity index (χ3n) is 2.43. The maximum Gasteiger partial charge on any atom is 0.308 e. The van der Waals surface area contributed by atoms with E-state index in [9.17, 15) is 4.79 Å². The molecule has 0 atom stereocenters. The van der Waals surface area contributed by atoms with Crippen LogP contribution in [0.5, 0.6) is 17.2 Å². The van der Waals surface area contributed by atoms with Crippen LogP contribution in [-0.2, 0) is 4.79 Å². The molecule has 0 amide bonds. The molecule has 0 unspecified atom stereocenters. The van der Waals surface area contributed by atoms with Gasteiger partial charge in [0.1, 0.15) is 11.5 Å². The van der Waals surface area contributed by atoms with E-state index in [2.05, 4.69) is 15.9 Å². The normalized spacial score (nSPS) is 10.3. The fourth-order valence-electron chi connectivity index (χ4n) is 1.55. The van der Waals surface area contributed by atoms with Crippen molar-refractivity contribution in [2.24, 2.45) is 0 Å². The quantitative estimate of drug-likeness (QED) is 0.452. The molecule has 2 aromatic rings. The Kier molecular flexibility index (Phi) is 4.98. The average molecular weight is 391 g/mol. The number of benzene rings is 2. The van der Waals surface area contributed by atoms with Crippen molar-refractivity contribution in [1.29, 1.82) is 0 Å². The van der Waals surface area contributed by atoms with Gasteiger partial charge in [-0.15, -0.1) is 0 Å². The molecule has 7 heteroatoms. The topological polar surface area (TPSA) is 61.5 Å². The lowest BCUT2D eigenvalue weighted by Gasteiger charge is -2.12. The highest BCUT2D eigenvalue weighted by Crippen LogP contribution is 2.40. The first-order valence-electron chi connectivity index (χ1n) is 5.77. The Morgan fingerprint density at radius 2 is 1.76 bits per heavy atom. The van der Waals surface area contributed by atoms with Crippen molar-refractivity contribution >= 4 is 50.8 Å². The van der Waals surface area contributed by atoms with Crippen LogP contribution in [0.15, 0.2) is 34.8 Å². The van der Waals surface area contributed by atoms with Gasteiger partial charge in [0.2, 0.25) is 0 Å². The van der Waals surface area contributed by atoms with Crippen LogP contribution in [0, 0.1) is 0 Å². The van der Waals surface area contributed by atoms with Crippen LogP contribution in [-0.4, -0.2) is 5.97 Å². The number of hydrogen-bond donors (Lipinski definition) is 1. The Bertz CT molecular complexity index is 684. The van der Waals surface area contributed by atoms with Gasteiger partial charge in [-0.05, 0) is 34.1 Å². The number of halogens is 3. The fourth-order valence-corrected chi connectivity index (χ4v) is 2.45. The van der Waals surface area contributed by atoms with Gasteiger partial charge in [0.05, 0.1) is 10.0 Å². The maximum absolute atomic E-state index is 10.9. The number of rotatable bonds is 3. The number of carbonyl (C=O) groups excluding carboxylic acids is 1. The highest BCUT2D eigenvalue weighted by atomic mass is 79.9. The Labute approximate surface area is 139 Å². The van der Waals surface area contributed by atoms with Gasteiger partial charge in [-0.1, -0.05) is 23.2 Å². The predicted octanol–water partition coefficient (Wildman–Crippen LogP) is 5.06. The lowest BCUT2D eigenvalue weighted by molar-refractivity contribution is -0.131. The van der Waals surface area contributed by atoms with Gasteiger partial charge in [-0.25, -0.2) is 0 Å². The molecule has 0 aliphatic rings. The van der Waals surface area contributed by atoms with Gasteiger partial charge in [-0.3, -0.25) is 4.79 Å². The zero-order valence-electron chi connectivity index (χ0n) is 10.8. The van der Waals surface area contributed by atoms with Crippen LogP contribution in [0.3, 0.4) is 0 Å². The Balaban J connectivity index is 2.31. The molecule has 0 radical (unpaired) electrons. The van der Waals surface area contributed by atoms with E-state index in [1.54, 1.807) is 18.2 Å². The third-order valence-corrected chi connectivity index (χ3v) is 3.67. The first kappa shape index (κ1) is 15.9. The number of hydrogen-bond acceptors (Lipinski definition) is 4. The lowest BCUT2D eigenvalue weighted by atomic mass is 10.3. The second kappa shape index (κ2) is 6.56. The van der Waals surface area contributed by atoms with Gasteiger partial charge < -0.3 is 15.2 Å². The molecule has 2 N–H and O–H groups in total. The Morgan fingerprint density at radius 1 is 1.14 bits per heavy atom. The standard InChI is InChI=1S/C14H10BrCl2NO3/c1-7(19)20-9-5-11(16)14(12(17)6-9)21-8-2-3-13(18)10(15)4-8/h2-6H,18H2,1H3. The zero-order chi connectivity index (χ0) is 15.6. The summed E-state index contributed by atoms with van der Waals surface area (Å²) in [6.45, 7) is 1.29. The van der Waals surface area contributed by atoms with Gasteiger partial charge in [0.15, 0.2) is 5.75 Å². The molecule has 2 rings (SSSR count). The summed E-state index contributed by atoms with van der Waals surface area (Å²) >= 11 is 15.5. The predicted molar refractivity (Wildman–Crippen MR) is 86.4 cm³/mol. The lowest BCUT2D eigenvalue weighted by Crippen LogP contribution is -2.01. The smallest absolute Gasteiger partial charge is 0.308 e. The summed E-state index contributed by atoms with van der Waals surface area (Å²) in [6, 6.07) is 7.98. The van der Waals surface area contributed by atoms with E-state index < -0.39 is 5.97 Å². The van der Waals surface area contributed by atoms with Crippen LogP contribution in [0.1, 0.15) is 6.92 Å². The molecular formula is C14H10BrCl2NO3. The molecule has 0 spiro atoms. The molecule has 110 valence electrons. The molecule has 21 heavy (non-hydrogen) atoms. The van der Waals surface area contributed by atoms with E-state index >= 15 is 0 Å². The molecule has 2 aromatic carbocycles. The van der Waals surface area contributed by atoms with E-state index in [4.69, 9.17) is 38.4 Å². The van der Waals surface area contributed by atoms with E-state index in [1.807, 2.05) is 0 Å². The SMILES string of the molecule is CC(=O)Oc1cc(Cl)c(Oc2ccc(N)c(Br)c2)c(Cl)c1. The van der Waals surface area contributed by atoms with Crippen LogP contribution >= 0.6 is 39.1 Å². The average Bonchev–Trinajstić information content (AvgIpc) is 2.37. The number of nitrogen functional groups attached to an aromatic ring is 1. The minimum Gasteiger partial charge on any atom is -0.454 e. The largest absolute Gasteiger partial charge is 0.454 e. The first-order valence-corrected chi connectivity index (χ1v) is 7.32. The second-order valence-corrected chi connectivity index (χ2v) is 5.76. The maximum atomic E-state index is 10.9. The van der Waals surface area contributed by atoms with Gasteiger partial charge >= 0.3 is 5.97 Å². The van der Waals surface area contributed by atoms with Crippen molar-refractivity contribution in [3.63, 3.8) is 0 Å². The van der Waals surface area contributed by atoms with E-state index in [-0.39, 0.29) is 21.5 Å². The van der Waals surface area contributed by atoms with Gasteiger partial charge in [0, 0.05) is 29.2 Å². The van der Waals surface area contributed by atoms with Crippen molar-refractivity contribution in [1.82, 2.24) is 0 Å². The van der Waals surface area contributed by atoms with Crippen LogP contribution in [0.25, 0.3) is 0 Å².